The van der Waals surface area contributed by atoms with Crippen LogP contribution >= 0.6 is 22.7 Å². The third kappa shape index (κ3) is 12.2. The maximum Gasteiger partial charge on any atom is 0.407 e. The molecule has 4 atom stereocenters. The zero-order chi connectivity index (χ0) is 36.0. The summed E-state index contributed by atoms with van der Waals surface area (Å²) in [6.07, 6.45) is 2.68. The molecule has 0 saturated carbocycles. The number of urea groups is 1. The predicted molar refractivity (Wildman–Crippen MR) is 197 cm³/mol. The van der Waals surface area contributed by atoms with Crippen LogP contribution in [-0.2, 0) is 35.5 Å². The van der Waals surface area contributed by atoms with Crippen molar-refractivity contribution in [2.24, 2.45) is 5.92 Å². The van der Waals surface area contributed by atoms with E-state index in [1.54, 1.807) is 30.1 Å². The van der Waals surface area contributed by atoms with Crippen LogP contribution in [0.5, 0.6) is 0 Å². The Labute approximate surface area is 302 Å². The van der Waals surface area contributed by atoms with Crippen LogP contribution in [-0.4, -0.2) is 69.3 Å². The van der Waals surface area contributed by atoms with E-state index >= 15 is 0 Å². The molecule has 4 amide bonds. The van der Waals surface area contributed by atoms with Crippen molar-refractivity contribution in [1.29, 1.82) is 0 Å². The first-order valence-corrected chi connectivity index (χ1v) is 18.5. The largest absolute Gasteiger partial charge is 0.444 e. The number of nitrogens with one attached hydrogen (secondary N) is 3. The Balaban J connectivity index is 1.46. The highest BCUT2D eigenvalue weighted by Gasteiger charge is 2.31. The summed E-state index contributed by atoms with van der Waals surface area (Å²) in [5.41, 5.74) is 3.56. The van der Waals surface area contributed by atoms with Crippen LogP contribution in [0.1, 0.15) is 65.9 Å². The second-order valence-corrected chi connectivity index (χ2v) is 15.1. The standard InChI is InChI=1S/C37H48N6O5S2/c1-24(2)32-20-39-33(50-32)21-43(5)36(46)42-34(25(3)4)35(45)40-28(16-26-12-8-6-9-13-26)18-31(44)30(17-27-14-10-7-11-15-27)41-37(47)48-22-29-19-38-23-49-29/h6-15,19-20,23-25,28,30-31,34,44H,16-18,21-22H2,1-5H3,(H,40,45)(H,41,47)(H,42,46)/t28-,30-,31+,34+/m1/s1. The van der Waals surface area contributed by atoms with Gasteiger partial charge in [0.2, 0.25) is 5.91 Å². The van der Waals surface area contributed by atoms with Gasteiger partial charge in [-0.2, -0.15) is 0 Å². The number of ether oxygens (including phenoxy) is 1. The van der Waals surface area contributed by atoms with E-state index in [0.717, 1.165) is 25.9 Å². The lowest BCUT2D eigenvalue weighted by atomic mass is 9.93. The van der Waals surface area contributed by atoms with Crippen molar-refractivity contribution in [3.63, 3.8) is 0 Å². The molecule has 11 nitrogen and oxygen atoms in total. The molecule has 13 heteroatoms. The van der Waals surface area contributed by atoms with E-state index in [1.807, 2.05) is 80.7 Å². The van der Waals surface area contributed by atoms with Gasteiger partial charge in [0, 0.05) is 30.4 Å². The summed E-state index contributed by atoms with van der Waals surface area (Å²) in [5, 5.41) is 21.4. The van der Waals surface area contributed by atoms with Crippen LogP contribution in [0.25, 0.3) is 0 Å². The van der Waals surface area contributed by atoms with Crippen molar-refractivity contribution in [1.82, 2.24) is 30.8 Å². The van der Waals surface area contributed by atoms with E-state index in [4.69, 9.17) is 4.74 Å². The molecule has 0 aliphatic rings. The summed E-state index contributed by atoms with van der Waals surface area (Å²) >= 11 is 2.95. The van der Waals surface area contributed by atoms with Crippen LogP contribution in [0.4, 0.5) is 9.59 Å². The normalized spacial score (nSPS) is 13.7. The molecule has 4 rings (SSSR count). The van der Waals surface area contributed by atoms with E-state index in [2.05, 4.69) is 39.8 Å². The van der Waals surface area contributed by atoms with Crippen molar-refractivity contribution in [3.05, 3.63) is 104 Å². The molecule has 2 heterocycles. The maximum atomic E-state index is 13.9. The Morgan fingerprint density at radius 1 is 0.900 bits per heavy atom. The predicted octanol–water partition coefficient (Wildman–Crippen LogP) is 5.91. The monoisotopic (exact) mass is 720 g/mol. The van der Waals surface area contributed by atoms with Gasteiger partial charge >= 0.3 is 12.1 Å². The van der Waals surface area contributed by atoms with E-state index < -0.39 is 30.3 Å². The van der Waals surface area contributed by atoms with E-state index in [-0.39, 0.29) is 30.9 Å². The molecule has 4 N–H and O–H groups in total. The molecule has 0 unspecified atom stereocenters. The summed E-state index contributed by atoms with van der Waals surface area (Å²) in [6.45, 7) is 8.34. The quantitative estimate of drug-likeness (QED) is 0.106. The molecule has 0 saturated heterocycles. The van der Waals surface area contributed by atoms with Crippen molar-refractivity contribution in [2.45, 2.75) is 90.3 Å². The fraction of sp³-hybridized carbons (Fsp3) is 0.432. The first-order valence-electron chi connectivity index (χ1n) is 16.8. The second-order valence-electron chi connectivity index (χ2n) is 13.0. The summed E-state index contributed by atoms with van der Waals surface area (Å²) < 4.78 is 5.43. The molecule has 0 bridgehead atoms. The smallest absolute Gasteiger partial charge is 0.407 e. The SMILES string of the molecule is CC(C)c1cnc(CN(C)C(=O)N[C@H](C(=O)N[C@H](Cc2ccccc2)C[C@H](O)[C@@H](Cc2ccccc2)NC(=O)OCc2cncs2)C(C)C)s1. The average molecular weight is 721 g/mol. The molecule has 0 aliphatic carbocycles. The maximum absolute atomic E-state index is 13.9. The highest BCUT2D eigenvalue weighted by molar-refractivity contribution is 7.11. The Morgan fingerprint density at radius 3 is 2.14 bits per heavy atom. The lowest BCUT2D eigenvalue weighted by Gasteiger charge is -2.30. The van der Waals surface area contributed by atoms with Crippen molar-refractivity contribution in [2.75, 3.05) is 7.05 Å². The first-order chi connectivity index (χ1) is 24.0. The van der Waals surface area contributed by atoms with E-state index in [1.165, 1.54) is 16.2 Å². The number of nitrogens with zero attached hydrogens (tertiary/aromatic N) is 3. The van der Waals surface area contributed by atoms with Gasteiger partial charge in [0.25, 0.3) is 0 Å². The fourth-order valence-electron chi connectivity index (χ4n) is 5.35. The van der Waals surface area contributed by atoms with Gasteiger partial charge in [-0.25, -0.2) is 14.6 Å². The number of aliphatic hydroxyl groups excluding tert-OH is 1. The Bertz CT molecular complexity index is 1620. The molecule has 2 aromatic heterocycles. The molecular formula is C37H48N6O5S2. The first kappa shape index (κ1) is 38.5. The highest BCUT2D eigenvalue weighted by atomic mass is 32.1. The molecule has 50 heavy (non-hydrogen) atoms. The number of carbonyl (C=O) groups excluding carboxylic acids is 3. The number of hydrogen-bond acceptors (Lipinski definition) is 9. The third-order valence-electron chi connectivity index (χ3n) is 8.18. The molecular weight excluding hydrogens is 673 g/mol. The molecule has 268 valence electrons. The molecule has 0 radical (unpaired) electrons. The van der Waals surface area contributed by atoms with E-state index in [9.17, 15) is 19.5 Å². The van der Waals surface area contributed by atoms with Crippen LogP contribution < -0.4 is 16.0 Å². The minimum absolute atomic E-state index is 0.0671. The van der Waals surface area contributed by atoms with Crippen LogP contribution in [0.15, 0.2) is 78.6 Å². The summed E-state index contributed by atoms with van der Waals surface area (Å²) in [7, 11) is 1.68. The molecule has 0 fully saturated rings. The van der Waals surface area contributed by atoms with Gasteiger partial charge < -0.3 is 30.7 Å². The van der Waals surface area contributed by atoms with Gasteiger partial charge in [0.1, 0.15) is 17.7 Å². The summed E-state index contributed by atoms with van der Waals surface area (Å²) in [5.74, 6) is -0.227. The van der Waals surface area contributed by atoms with Crippen molar-refractivity contribution in [3.8, 4) is 0 Å². The number of rotatable bonds is 17. The number of carbonyl (C=O) groups is 3. The number of alkyl carbamates (subject to hydrolysis) is 1. The minimum atomic E-state index is -1.05. The summed E-state index contributed by atoms with van der Waals surface area (Å²) in [4.78, 5) is 52.0. The van der Waals surface area contributed by atoms with Gasteiger partial charge in [-0.05, 0) is 42.2 Å². The molecule has 4 aromatic rings. The van der Waals surface area contributed by atoms with Gasteiger partial charge in [-0.1, -0.05) is 88.4 Å². The fourth-order valence-corrected chi connectivity index (χ4v) is 6.83. The number of amides is 4. The van der Waals surface area contributed by atoms with Crippen molar-refractivity contribution >= 4 is 40.7 Å². The van der Waals surface area contributed by atoms with E-state index in [0.29, 0.717) is 25.3 Å². The van der Waals surface area contributed by atoms with Gasteiger partial charge in [0.15, 0.2) is 0 Å². The zero-order valence-corrected chi connectivity index (χ0v) is 30.9. The van der Waals surface area contributed by atoms with Gasteiger partial charge in [-0.3, -0.25) is 9.78 Å². The number of aromatic nitrogens is 2. The second kappa shape index (κ2) is 19.2. The zero-order valence-electron chi connectivity index (χ0n) is 29.2. The van der Waals surface area contributed by atoms with Crippen LogP contribution in [0, 0.1) is 5.92 Å². The lowest BCUT2D eigenvalue weighted by molar-refractivity contribution is -0.124. The van der Waals surface area contributed by atoms with Gasteiger partial charge in [-0.15, -0.1) is 22.7 Å². The Morgan fingerprint density at radius 2 is 1.56 bits per heavy atom. The molecule has 0 spiro atoms. The summed E-state index contributed by atoms with van der Waals surface area (Å²) in [6, 6.07) is 16.8. The number of thiazole rings is 2. The number of hydrogen-bond donors (Lipinski definition) is 4. The minimum Gasteiger partial charge on any atom is -0.444 e. The topological polar surface area (TPSA) is 146 Å². The molecule has 0 aliphatic heterocycles. The van der Waals surface area contributed by atoms with Crippen LogP contribution in [0.2, 0.25) is 0 Å². The van der Waals surface area contributed by atoms with Gasteiger partial charge in [0.05, 0.1) is 29.1 Å². The third-order valence-corrected chi connectivity index (χ3v) is 10.2. The average Bonchev–Trinajstić information content (AvgIpc) is 3.79. The number of benzene rings is 2. The lowest BCUT2D eigenvalue weighted by Crippen LogP contribution is -2.55. The van der Waals surface area contributed by atoms with Crippen molar-refractivity contribution < 1.29 is 24.2 Å². The number of aliphatic hydroxyl groups is 1. The highest BCUT2D eigenvalue weighted by Crippen LogP contribution is 2.23. The Hall–Kier alpha value is -4.33. The molecule has 2 aromatic carbocycles. The van der Waals surface area contributed by atoms with Crippen LogP contribution in [0.3, 0.4) is 0 Å². The Kier molecular flexibility index (Phi) is 14.7.